The van der Waals surface area contributed by atoms with Crippen LogP contribution in [-0.4, -0.2) is 34.0 Å². The molecular weight excluding hydrogens is 254 g/mol. The van der Waals surface area contributed by atoms with Crippen LogP contribution < -0.4 is 0 Å². The van der Waals surface area contributed by atoms with Gasteiger partial charge in [-0.3, -0.25) is 4.79 Å². The number of carbonyl (C=O) groups is 2. The van der Waals surface area contributed by atoms with Gasteiger partial charge in [0, 0.05) is 24.2 Å². The molecule has 2 aliphatic rings. The van der Waals surface area contributed by atoms with Crippen molar-refractivity contribution in [1.29, 1.82) is 0 Å². The molecule has 0 spiro atoms. The highest BCUT2D eigenvalue weighted by molar-refractivity contribution is 5.94. The highest BCUT2D eigenvalue weighted by atomic mass is 16.4. The standard InChI is InChI=1S/C16H25NO3/c18-15(11-12-16(19)20)17(13-7-3-1-4-8-13)14-9-5-2-6-10-14/h11-14H,1-10H2,(H,19,20)/b12-11-. The molecule has 0 aliphatic heterocycles. The number of carboxylic acid groups (broad SMARTS) is 1. The Labute approximate surface area is 120 Å². The molecule has 2 saturated carbocycles. The van der Waals surface area contributed by atoms with E-state index in [1.54, 1.807) is 0 Å². The van der Waals surface area contributed by atoms with Crippen LogP contribution in [0.25, 0.3) is 0 Å². The minimum absolute atomic E-state index is 0.105. The first-order valence-electron chi connectivity index (χ1n) is 7.92. The molecule has 1 amide bonds. The van der Waals surface area contributed by atoms with Gasteiger partial charge in [-0.1, -0.05) is 38.5 Å². The van der Waals surface area contributed by atoms with Crippen LogP contribution in [0.4, 0.5) is 0 Å². The number of carboxylic acids is 1. The van der Waals surface area contributed by atoms with Crippen LogP contribution in [0.3, 0.4) is 0 Å². The van der Waals surface area contributed by atoms with E-state index in [4.69, 9.17) is 5.11 Å². The molecule has 2 fully saturated rings. The molecule has 0 aromatic heterocycles. The van der Waals surface area contributed by atoms with Crippen molar-refractivity contribution in [3.8, 4) is 0 Å². The molecule has 0 aromatic rings. The van der Waals surface area contributed by atoms with Crippen molar-refractivity contribution in [3.63, 3.8) is 0 Å². The van der Waals surface area contributed by atoms with Crippen molar-refractivity contribution in [1.82, 2.24) is 4.90 Å². The van der Waals surface area contributed by atoms with Gasteiger partial charge in [-0.25, -0.2) is 4.79 Å². The zero-order valence-electron chi connectivity index (χ0n) is 12.1. The summed E-state index contributed by atoms with van der Waals surface area (Å²) in [6, 6.07) is 0.635. The summed E-state index contributed by atoms with van der Waals surface area (Å²) >= 11 is 0. The molecule has 2 rings (SSSR count). The zero-order chi connectivity index (χ0) is 14.4. The van der Waals surface area contributed by atoms with E-state index < -0.39 is 5.97 Å². The summed E-state index contributed by atoms with van der Waals surface area (Å²) in [6.07, 6.45) is 13.8. The molecule has 0 heterocycles. The van der Waals surface area contributed by atoms with E-state index in [0.29, 0.717) is 12.1 Å². The van der Waals surface area contributed by atoms with Gasteiger partial charge in [0.1, 0.15) is 0 Å². The molecule has 0 unspecified atom stereocenters. The molecule has 20 heavy (non-hydrogen) atoms. The molecule has 0 aromatic carbocycles. The molecule has 1 N–H and O–H groups in total. The Morgan fingerprint density at radius 1 is 0.800 bits per heavy atom. The van der Waals surface area contributed by atoms with Gasteiger partial charge in [-0.15, -0.1) is 0 Å². The van der Waals surface area contributed by atoms with Crippen LogP contribution in [0.15, 0.2) is 12.2 Å². The van der Waals surface area contributed by atoms with Crippen LogP contribution in [-0.2, 0) is 9.59 Å². The maximum Gasteiger partial charge on any atom is 0.328 e. The van der Waals surface area contributed by atoms with Crippen LogP contribution >= 0.6 is 0 Å². The third-order valence-electron chi connectivity index (χ3n) is 4.56. The van der Waals surface area contributed by atoms with Gasteiger partial charge < -0.3 is 10.0 Å². The van der Waals surface area contributed by atoms with Crippen LogP contribution in [0.1, 0.15) is 64.2 Å². The van der Waals surface area contributed by atoms with Gasteiger partial charge in [0.25, 0.3) is 0 Å². The zero-order valence-corrected chi connectivity index (χ0v) is 12.1. The van der Waals surface area contributed by atoms with Crippen molar-refractivity contribution < 1.29 is 14.7 Å². The number of nitrogens with zero attached hydrogens (tertiary/aromatic N) is 1. The Kier molecular flexibility index (Phi) is 5.62. The van der Waals surface area contributed by atoms with Crippen molar-refractivity contribution in [2.24, 2.45) is 0 Å². The monoisotopic (exact) mass is 279 g/mol. The van der Waals surface area contributed by atoms with Gasteiger partial charge in [0.05, 0.1) is 0 Å². The van der Waals surface area contributed by atoms with Crippen LogP contribution in [0.5, 0.6) is 0 Å². The van der Waals surface area contributed by atoms with Crippen LogP contribution in [0, 0.1) is 0 Å². The number of amides is 1. The highest BCUT2D eigenvalue weighted by Crippen LogP contribution is 2.30. The fourth-order valence-electron chi connectivity index (χ4n) is 3.61. The second-order valence-corrected chi connectivity index (χ2v) is 6.00. The van der Waals surface area contributed by atoms with Crippen molar-refractivity contribution >= 4 is 11.9 Å². The smallest absolute Gasteiger partial charge is 0.328 e. The summed E-state index contributed by atoms with van der Waals surface area (Å²) in [6.45, 7) is 0. The minimum atomic E-state index is -1.05. The summed E-state index contributed by atoms with van der Waals surface area (Å²) in [7, 11) is 0. The molecule has 0 bridgehead atoms. The number of hydrogen-bond acceptors (Lipinski definition) is 2. The fraction of sp³-hybridized carbons (Fsp3) is 0.750. The van der Waals surface area contributed by atoms with Gasteiger partial charge >= 0.3 is 5.97 Å². The Morgan fingerprint density at radius 3 is 1.65 bits per heavy atom. The average Bonchev–Trinajstić information content (AvgIpc) is 2.48. The van der Waals surface area contributed by atoms with E-state index in [0.717, 1.165) is 31.8 Å². The minimum Gasteiger partial charge on any atom is -0.478 e. The number of aliphatic carboxylic acids is 1. The first kappa shape index (κ1) is 15.1. The predicted molar refractivity (Wildman–Crippen MR) is 77.4 cm³/mol. The van der Waals surface area contributed by atoms with Gasteiger partial charge in [0.15, 0.2) is 0 Å². The number of rotatable bonds is 4. The average molecular weight is 279 g/mol. The Hall–Kier alpha value is -1.32. The lowest BCUT2D eigenvalue weighted by Gasteiger charge is -2.41. The Balaban J connectivity index is 2.09. The Bertz CT molecular complexity index is 348. The lowest BCUT2D eigenvalue weighted by Crippen LogP contribution is -2.48. The predicted octanol–water partition coefficient (Wildman–Crippen LogP) is 3.12. The molecule has 0 atom stereocenters. The van der Waals surface area contributed by atoms with Gasteiger partial charge in [0.2, 0.25) is 5.91 Å². The summed E-state index contributed by atoms with van der Waals surface area (Å²) in [4.78, 5) is 25.1. The molecule has 112 valence electrons. The largest absolute Gasteiger partial charge is 0.478 e. The quantitative estimate of drug-likeness (QED) is 0.804. The SMILES string of the molecule is O=C(O)/C=C\C(=O)N(C1CCCCC1)C1CCCCC1. The van der Waals surface area contributed by atoms with Gasteiger partial charge in [-0.05, 0) is 25.7 Å². The first-order chi connectivity index (χ1) is 9.68. The summed E-state index contributed by atoms with van der Waals surface area (Å²) in [5.41, 5.74) is 0. The number of carbonyl (C=O) groups excluding carboxylic acids is 1. The first-order valence-corrected chi connectivity index (χ1v) is 7.92. The molecule has 2 aliphatic carbocycles. The summed E-state index contributed by atoms with van der Waals surface area (Å²) < 4.78 is 0. The van der Waals surface area contributed by atoms with Crippen LogP contribution in [0.2, 0.25) is 0 Å². The Morgan fingerprint density at radius 2 is 1.25 bits per heavy atom. The fourth-order valence-corrected chi connectivity index (χ4v) is 3.61. The van der Waals surface area contributed by atoms with E-state index in [1.165, 1.54) is 44.6 Å². The summed E-state index contributed by atoms with van der Waals surface area (Å²) in [5, 5.41) is 8.71. The molecular formula is C16H25NO3. The molecule has 0 radical (unpaired) electrons. The van der Waals surface area contributed by atoms with E-state index >= 15 is 0 Å². The third kappa shape index (κ3) is 4.09. The lowest BCUT2D eigenvalue weighted by molar-refractivity contribution is -0.134. The molecule has 4 heteroatoms. The van der Waals surface area contributed by atoms with Crippen molar-refractivity contribution in [2.45, 2.75) is 76.3 Å². The lowest BCUT2D eigenvalue weighted by atomic mass is 9.88. The molecule has 0 saturated heterocycles. The normalized spacial score (nSPS) is 22.0. The van der Waals surface area contributed by atoms with Gasteiger partial charge in [-0.2, -0.15) is 0 Å². The van der Waals surface area contributed by atoms with Crippen molar-refractivity contribution in [2.75, 3.05) is 0 Å². The van der Waals surface area contributed by atoms with E-state index in [-0.39, 0.29) is 5.91 Å². The maximum atomic E-state index is 12.4. The second-order valence-electron chi connectivity index (χ2n) is 6.00. The van der Waals surface area contributed by atoms with Crippen molar-refractivity contribution in [3.05, 3.63) is 12.2 Å². The molecule has 4 nitrogen and oxygen atoms in total. The number of hydrogen-bond donors (Lipinski definition) is 1. The topological polar surface area (TPSA) is 57.6 Å². The third-order valence-corrected chi connectivity index (χ3v) is 4.56. The van der Waals surface area contributed by atoms with E-state index in [9.17, 15) is 9.59 Å². The summed E-state index contributed by atoms with van der Waals surface area (Å²) in [5.74, 6) is -1.16. The van der Waals surface area contributed by atoms with E-state index in [1.807, 2.05) is 4.90 Å². The second kappa shape index (κ2) is 7.46. The highest BCUT2D eigenvalue weighted by Gasteiger charge is 2.31. The maximum absolute atomic E-state index is 12.4. The van der Waals surface area contributed by atoms with E-state index in [2.05, 4.69) is 0 Å².